The minimum absolute atomic E-state index is 0.0246. The number of hydrogen-bond acceptors (Lipinski definition) is 4. The van der Waals surface area contributed by atoms with E-state index < -0.39 is 15.6 Å². The Bertz CT molecular complexity index is 1520. The molecule has 1 atom stereocenters. The number of hydrogen-bond donors (Lipinski definition) is 2. The SMILES string of the molecule is Cc1cc(F)ccc1C(C)(N)C1CCC(CCNC(=O)c2ccccc2N(C)S(=O)(=O)c2ccc(Cl)c(Cl)c2)CC1. The molecule has 1 unspecified atom stereocenters. The Balaban J connectivity index is 1.35. The van der Waals surface area contributed by atoms with Crippen LogP contribution in [0, 0.1) is 24.6 Å². The summed E-state index contributed by atoms with van der Waals surface area (Å²) in [7, 11) is -2.58. The number of nitrogens with two attached hydrogens (primary N) is 1. The van der Waals surface area contributed by atoms with E-state index in [1.165, 1.54) is 37.4 Å². The van der Waals surface area contributed by atoms with Crippen molar-refractivity contribution in [1.29, 1.82) is 0 Å². The van der Waals surface area contributed by atoms with Crippen LogP contribution in [0.15, 0.2) is 65.6 Å². The highest BCUT2D eigenvalue weighted by Gasteiger charge is 2.36. The largest absolute Gasteiger partial charge is 0.352 e. The maximum Gasteiger partial charge on any atom is 0.264 e. The van der Waals surface area contributed by atoms with E-state index >= 15 is 0 Å². The van der Waals surface area contributed by atoms with Gasteiger partial charge in [-0.3, -0.25) is 9.10 Å². The molecule has 0 saturated heterocycles. The van der Waals surface area contributed by atoms with Gasteiger partial charge in [0, 0.05) is 19.1 Å². The van der Waals surface area contributed by atoms with Crippen molar-refractivity contribution in [1.82, 2.24) is 5.32 Å². The third kappa shape index (κ3) is 6.88. The molecule has 3 aromatic carbocycles. The lowest BCUT2D eigenvalue weighted by atomic mass is 9.69. The number of halogens is 3. The number of aryl methyl sites for hydroxylation is 1. The second-order valence-electron chi connectivity index (χ2n) is 11.1. The Hall–Kier alpha value is -2.65. The normalized spacial score (nSPS) is 18.9. The number of para-hydroxylation sites is 1. The Morgan fingerprint density at radius 3 is 2.39 bits per heavy atom. The lowest BCUT2D eigenvalue weighted by molar-refractivity contribution is 0.0949. The first-order valence-corrected chi connectivity index (χ1v) is 15.9. The fourth-order valence-electron chi connectivity index (χ4n) is 5.85. The first-order chi connectivity index (χ1) is 19.3. The molecule has 0 bridgehead atoms. The highest BCUT2D eigenvalue weighted by Crippen LogP contribution is 2.41. The van der Waals surface area contributed by atoms with Gasteiger partial charge in [-0.15, -0.1) is 0 Å². The molecule has 1 fully saturated rings. The van der Waals surface area contributed by atoms with Crippen molar-refractivity contribution in [2.75, 3.05) is 17.9 Å². The van der Waals surface area contributed by atoms with Gasteiger partial charge >= 0.3 is 0 Å². The zero-order valence-electron chi connectivity index (χ0n) is 23.5. The van der Waals surface area contributed by atoms with Gasteiger partial charge in [0.1, 0.15) is 5.82 Å². The molecule has 4 rings (SSSR count). The van der Waals surface area contributed by atoms with E-state index in [9.17, 15) is 17.6 Å². The molecule has 3 aromatic rings. The molecule has 0 radical (unpaired) electrons. The lowest BCUT2D eigenvalue weighted by Crippen LogP contribution is -2.43. The van der Waals surface area contributed by atoms with Crippen molar-refractivity contribution in [3.8, 4) is 0 Å². The van der Waals surface area contributed by atoms with Gasteiger partial charge in [0.25, 0.3) is 15.9 Å². The summed E-state index contributed by atoms with van der Waals surface area (Å²) in [5, 5.41) is 3.35. The Kier molecular flexibility index (Phi) is 9.69. The van der Waals surface area contributed by atoms with E-state index in [0.29, 0.717) is 12.5 Å². The van der Waals surface area contributed by atoms with Crippen LogP contribution in [-0.4, -0.2) is 27.9 Å². The van der Waals surface area contributed by atoms with Crippen molar-refractivity contribution in [2.24, 2.45) is 17.6 Å². The van der Waals surface area contributed by atoms with E-state index in [0.717, 1.165) is 47.5 Å². The minimum atomic E-state index is -3.99. The Labute approximate surface area is 252 Å². The van der Waals surface area contributed by atoms with Gasteiger partial charge in [-0.1, -0.05) is 54.2 Å². The quantitative estimate of drug-likeness (QED) is 0.268. The molecule has 0 aromatic heterocycles. The molecule has 0 aliphatic heterocycles. The van der Waals surface area contributed by atoms with Crippen molar-refractivity contribution in [3.05, 3.63) is 93.2 Å². The number of carbonyl (C=O) groups is 1. The molecule has 6 nitrogen and oxygen atoms in total. The topological polar surface area (TPSA) is 92.5 Å². The van der Waals surface area contributed by atoms with Crippen LogP contribution in [0.2, 0.25) is 10.0 Å². The summed E-state index contributed by atoms with van der Waals surface area (Å²) in [5.74, 6) is 0.143. The van der Waals surface area contributed by atoms with E-state index in [4.69, 9.17) is 28.9 Å². The predicted molar refractivity (Wildman–Crippen MR) is 164 cm³/mol. The Morgan fingerprint density at radius 1 is 1.05 bits per heavy atom. The summed E-state index contributed by atoms with van der Waals surface area (Å²) in [6.45, 7) is 4.41. The minimum Gasteiger partial charge on any atom is -0.352 e. The van der Waals surface area contributed by atoms with Crippen LogP contribution in [0.25, 0.3) is 0 Å². The van der Waals surface area contributed by atoms with E-state index in [2.05, 4.69) is 5.32 Å². The molecule has 41 heavy (non-hydrogen) atoms. The first kappa shape index (κ1) is 31.3. The second kappa shape index (κ2) is 12.7. The number of anilines is 1. The first-order valence-electron chi connectivity index (χ1n) is 13.7. The van der Waals surface area contributed by atoms with Gasteiger partial charge < -0.3 is 11.1 Å². The summed E-state index contributed by atoms with van der Waals surface area (Å²) >= 11 is 12.0. The van der Waals surface area contributed by atoms with Gasteiger partial charge in [-0.2, -0.15) is 0 Å². The van der Waals surface area contributed by atoms with E-state index in [1.807, 2.05) is 13.8 Å². The molecule has 0 spiro atoms. The van der Waals surface area contributed by atoms with E-state index in [1.54, 1.807) is 30.3 Å². The van der Waals surface area contributed by atoms with Crippen molar-refractivity contribution < 1.29 is 17.6 Å². The van der Waals surface area contributed by atoms with Crippen LogP contribution in [-0.2, 0) is 15.6 Å². The average molecular weight is 621 g/mol. The van der Waals surface area contributed by atoms with Gasteiger partial charge in [0.15, 0.2) is 0 Å². The maximum absolute atomic E-state index is 13.6. The summed E-state index contributed by atoms with van der Waals surface area (Å²) in [5.41, 5.74) is 8.63. The van der Waals surface area contributed by atoms with Crippen molar-refractivity contribution >= 4 is 44.8 Å². The fourth-order valence-corrected chi connectivity index (χ4v) is 7.46. The summed E-state index contributed by atoms with van der Waals surface area (Å²) in [4.78, 5) is 13.1. The zero-order chi connectivity index (χ0) is 29.9. The van der Waals surface area contributed by atoms with Crippen LogP contribution in [0.3, 0.4) is 0 Å². The number of sulfonamides is 1. The summed E-state index contributed by atoms with van der Waals surface area (Å²) in [6, 6.07) is 15.5. The third-order valence-corrected chi connectivity index (χ3v) is 10.8. The zero-order valence-corrected chi connectivity index (χ0v) is 25.8. The Morgan fingerprint density at radius 2 is 1.73 bits per heavy atom. The maximum atomic E-state index is 13.6. The van der Waals surface area contributed by atoms with Gasteiger partial charge in [-0.05, 0) is 98.5 Å². The molecule has 3 N–H and O–H groups in total. The fraction of sp³-hybridized carbons (Fsp3) is 0.387. The number of nitrogens with one attached hydrogen (secondary N) is 1. The number of carbonyl (C=O) groups excluding carboxylic acids is 1. The average Bonchev–Trinajstić information content (AvgIpc) is 2.94. The lowest BCUT2D eigenvalue weighted by Gasteiger charge is -2.40. The molecular formula is C31H36Cl2FN3O3S. The molecule has 1 saturated carbocycles. The standard InChI is InChI=1S/C31H36Cl2FN3O3S/c1-20-18-23(34)12-14-26(20)31(2,35)22-10-8-21(9-11-22)16-17-36-30(38)25-6-4-5-7-29(25)37(3)41(39,40)24-13-15-27(32)28(33)19-24/h4-7,12-15,18-19,21-22H,8-11,16-17,35H2,1-3H3,(H,36,38). The second-order valence-corrected chi connectivity index (χ2v) is 13.9. The summed E-state index contributed by atoms with van der Waals surface area (Å²) < 4.78 is 41.3. The molecule has 1 aliphatic carbocycles. The van der Waals surface area contributed by atoms with Crippen molar-refractivity contribution in [3.63, 3.8) is 0 Å². The van der Waals surface area contributed by atoms with Gasteiger partial charge in [-0.25, -0.2) is 12.8 Å². The monoisotopic (exact) mass is 619 g/mol. The van der Waals surface area contributed by atoms with Crippen LogP contribution < -0.4 is 15.4 Å². The van der Waals surface area contributed by atoms with Crippen LogP contribution in [0.5, 0.6) is 0 Å². The molecule has 220 valence electrons. The molecule has 1 aliphatic rings. The third-order valence-electron chi connectivity index (χ3n) is 8.34. The van der Waals surface area contributed by atoms with Gasteiger partial charge in [0.2, 0.25) is 0 Å². The van der Waals surface area contributed by atoms with E-state index in [-0.39, 0.29) is 43.8 Å². The van der Waals surface area contributed by atoms with Crippen molar-refractivity contribution in [2.45, 2.75) is 56.4 Å². The number of rotatable bonds is 9. The smallest absolute Gasteiger partial charge is 0.264 e. The van der Waals surface area contributed by atoms with Crippen LogP contribution in [0.1, 0.15) is 60.5 Å². The van der Waals surface area contributed by atoms with Crippen LogP contribution >= 0.6 is 23.2 Å². The highest BCUT2D eigenvalue weighted by atomic mass is 35.5. The van der Waals surface area contributed by atoms with Crippen LogP contribution in [0.4, 0.5) is 10.1 Å². The molecule has 0 heterocycles. The molecule has 10 heteroatoms. The number of nitrogens with zero attached hydrogens (tertiary/aromatic N) is 1. The number of benzene rings is 3. The molecule has 1 amide bonds. The predicted octanol–water partition coefficient (Wildman–Crippen LogP) is 7.07. The number of amides is 1. The molecular weight excluding hydrogens is 584 g/mol. The summed E-state index contributed by atoms with van der Waals surface area (Å²) in [6.07, 6.45) is 4.73. The van der Waals surface area contributed by atoms with Gasteiger partial charge in [0.05, 0.1) is 26.2 Å². The highest BCUT2D eigenvalue weighted by molar-refractivity contribution is 7.92.